The van der Waals surface area contributed by atoms with E-state index in [9.17, 15) is 9.90 Å². The first-order valence-electron chi connectivity index (χ1n) is 18.3. The second-order valence-electron chi connectivity index (χ2n) is 15.6. The molecule has 275 valence electrons. The fourth-order valence-electron chi connectivity index (χ4n) is 6.28. The fourth-order valence-corrected chi connectivity index (χ4v) is 7.28. The number of benzene rings is 3. The van der Waals surface area contributed by atoms with Crippen LogP contribution in [-0.4, -0.2) is 20.9 Å². The number of carbonyl (C=O) groups is 1. The Bertz CT molecular complexity index is 1960. The fraction of sp³-hybridized carbons (Fsp3) is 0.444. The van der Waals surface area contributed by atoms with Crippen molar-refractivity contribution in [2.24, 2.45) is 16.7 Å². The standard InChI is InChI=1S/C30H29N2S.C15H28O2.Ir/c1-19(2)13-22-17-33-28-12-8-11-24(29(22)28)27-16-26(31-18-32-27)21-14-20-9-6-7-10-23(20)25(15-21)30(3,4)5;1-7-14(5,8-2)12(16)11-13(17)15(6,9-3)10-4;/h6-12,15-19H,13H2,1-5H3;11,16H,7-10H2,1-6H3;/q-1;;/b;12-11-;. The van der Waals surface area contributed by atoms with Gasteiger partial charge in [-0.3, -0.25) is 9.78 Å². The van der Waals surface area contributed by atoms with Crippen LogP contribution in [0.4, 0.5) is 0 Å². The minimum atomic E-state index is -0.337. The molecule has 51 heavy (non-hydrogen) atoms. The topological polar surface area (TPSA) is 63.1 Å². The molecule has 2 heterocycles. The predicted molar refractivity (Wildman–Crippen MR) is 215 cm³/mol. The van der Waals surface area contributed by atoms with E-state index in [1.165, 1.54) is 38.2 Å². The average Bonchev–Trinajstić information content (AvgIpc) is 3.52. The molecule has 0 aliphatic heterocycles. The number of allylic oxidation sites excluding steroid dienone is 2. The smallest absolute Gasteiger partial charge is 0.164 e. The molecule has 4 nitrogen and oxygen atoms in total. The van der Waals surface area contributed by atoms with Gasteiger partial charge in [0.2, 0.25) is 0 Å². The number of carbonyl (C=O) groups excluding carboxylic acids is 1. The number of nitrogens with zero attached hydrogens (tertiary/aromatic N) is 2. The van der Waals surface area contributed by atoms with Gasteiger partial charge in [-0.25, -0.2) is 4.98 Å². The van der Waals surface area contributed by atoms with Crippen LogP contribution in [0.25, 0.3) is 43.4 Å². The van der Waals surface area contributed by atoms with Gasteiger partial charge in [0.15, 0.2) is 5.78 Å². The number of rotatable bonds is 11. The second kappa shape index (κ2) is 17.6. The van der Waals surface area contributed by atoms with Crippen molar-refractivity contribution in [3.63, 3.8) is 0 Å². The first-order chi connectivity index (χ1) is 23.6. The van der Waals surface area contributed by atoms with Gasteiger partial charge < -0.3 is 5.11 Å². The molecule has 0 amide bonds. The molecule has 0 bridgehead atoms. The van der Waals surface area contributed by atoms with E-state index in [1.807, 2.05) is 52.9 Å². The van der Waals surface area contributed by atoms with Gasteiger partial charge in [0.25, 0.3) is 0 Å². The minimum Gasteiger partial charge on any atom is -0.512 e. The van der Waals surface area contributed by atoms with Crippen LogP contribution in [0.2, 0.25) is 0 Å². The summed E-state index contributed by atoms with van der Waals surface area (Å²) in [5.41, 5.74) is 6.22. The Morgan fingerprint density at radius 2 is 1.49 bits per heavy atom. The summed E-state index contributed by atoms with van der Waals surface area (Å²) in [6, 6.07) is 23.0. The normalized spacial score (nSPS) is 12.5. The molecule has 5 aromatic rings. The van der Waals surface area contributed by atoms with Crippen molar-refractivity contribution < 1.29 is 30.0 Å². The van der Waals surface area contributed by atoms with E-state index in [-0.39, 0.29) is 47.9 Å². The van der Waals surface area contributed by atoms with Gasteiger partial charge in [0.1, 0.15) is 12.1 Å². The van der Waals surface area contributed by atoms with E-state index in [4.69, 9.17) is 4.98 Å². The summed E-state index contributed by atoms with van der Waals surface area (Å²) in [5.74, 6) is 0.897. The van der Waals surface area contributed by atoms with Crippen molar-refractivity contribution >= 4 is 38.0 Å². The van der Waals surface area contributed by atoms with Crippen LogP contribution < -0.4 is 0 Å². The molecule has 2 aromatic heterocycles. The maximum absolute atomic E-state index is 12.2. The van der Waals surface area contributed by atoms with E-state index in [0.29, 0.717) is 5.92 Å². The Balaban J connectivity index is 0.000000335. The van der Waals surface area contributed by atoms with Gasteiger partial charge in [0, 0.05) is 58.4 Å². The second-order valence-corrected chi connectivity index (χ2v) is 16.6. The van der Waals surface area contributed by atoms with E-state index >= 15 is 0 Å². The summed E-state index contributed by atoms with van der Waals surface area (Å²) in [4.78, 5) is 21.5. The molecular weight excluding hydrogens is 825 g/mol. The Morgan fingerprint density at radius 3 is 2.10 bits per heavy atom. The third kappa shape index (κ3) is 9.63. The van der Waals surface area contributed by atoms with Crippen LogP contribution >= 0.6 is 11.3 Å². The maximum atomic E-state index is 12.2. The van der Waals surface area contributed by atoms with Gasteiger partial charge in [-0.15, -0.1) is 40.5 Å². The van der Waals surface area contributed by atoms with E-state index in [1.54, 1.807) is 6.33 Å². The Labute approximate surface area is 324 Å². The first-order valence-corrected chi connectivity index (χ1v) is 19.2. The number of fused-ring (bicyclic) bond motifs is 2. The monoisotopic (exact) mass is 882 g/mol. The zero-order valence-electron chi connectivity index (χ0n) is 32.5. The number of hydrogen-bond donors (Lipinski definition) is 1. The Morgan fingerprint density at radius 1 is 0.863 bits per heavy atom. The summed E-state index contributed by atoms with van der Waals surface area (Å²) >= 11 is 1.82. The number of ketones is 1. The van der Waals surface area contributed by atoms with Crippen LogP contribution in [0.3, 0.4) is 0 Å². The largest absolute Gasteiger partial charge is 0.512 e. The van der Waals surface area contributed by atoms with Crippen molar-refractivity contribution in [3.8, 4) is 22.5 Å². The SMILES string of the molecule is CC(C)Cc1csc2cccc(-c3cc(-c4[c-]c5ccccc5c(C(C)(C)C)c4)ncn3)c12.CCC(C)(CC)C(=O)/C=C(\O)C(C)(CC)CC.[Ir]. The molecule has 6 heteroatoms. The van der Waals surface area contributed by atoms with Crippen LogP contribution in [-0.2, 0) is 36.7 Å². The van der Waals surface area contributed by atoms with Crippen LogP contribution in [0.5, 0.6) is 0 Å². The van der Waals surface area contributed by atoms with Gasteiger partial charge in [-0.1, -0.05) is 117 Å². The van der Waals surface area contributed by atoms with Gasteiger partial charge in [0.05, 0.1) is 5.69 Å². The number of aromatic nitrogens is 2. The summed E-state index contributed by atoms with van der Waals surface area (Å²) < 4.78 is 1.32. The Hall–Kier alpha value is -3.18. The van der Waals surface area contributed by atoms with Crippen molar-refractivity contribution in [1.29, 1.82) is 0 Å². The average molecular weight is 882 g/mol. The zero-order valence-corrected chi connectivity index (χ0v) is 35.7. The third-order valence-electron chi connectivity index (χ3n) is 10.7. The summed E-state index contributed by atoms with van der Waals surface area (Å²) in [7, 11) is 0. The molecule has 0 unspecified atom stereocenters. The van der Waals surface area contributed by atoms with Gasteiger partial charge >= 0.3 is 0 Å². The molecule has 0 saturated carbocycles. The zero-order chi connectivity index (χ0) is 36.9. The molecule has 0 aliphatic rings. The van der Waals surface area contributed by atoms with Gasteiger partial charge in [-0.2, -0.15) is 0 Å². The number of thiophene rings is 1. The number of aliphatic hydroxyl groups excluding tert-OH is 1. The van der Waals surface area contributed by atoms with E-state index in [0.717, 1.165) is 54.4 Å². The molecular formula is C45H57IrN2O2S-. The summed E-state index contributed by atoms with van der Waals surface area (Å²) in [5, 5.41) is 16.2. The summed E-state index contributed by atoms with van der Waals surface area (Å²) in [6.07, 6.45) is 7.52. The molecule has 0 spiro atoms. The molecule has 0 aliphatic carbocycles. The van der Waals surface area contributed by atoms with Crippen LogP contribution in [0.15, 0.2) is 78.1 Å². The van der Waals surface area contributed by atoms with E-state index < -0.39 is 0 Å². The third-order valence-corrected chi connectivity index (χ3v) is 11.7. The quantitative estimate of drug-likeness (QED) is 0.0815. The molecule has 0 atom stereocenters. The summed E-state index contributed by atoms with van der Waals surface area (Å²) in [6.45, 7) is 23.4. The molecule has 0 saturated heterocycles. The maximum Gasteiger partial charge on any atom is 0.164 e. The van der Waals surface area contributed by atoms with Crippen molar-refractivity contribution in [2.45, 2.75) is 114 Å². The molecule has 1 radical (unpaired) electrons. The number of hydrogen-bond acceptors (Lipinski definition) is 5. The van der Waals surface area contributed by atoms with Gasteiger partial charge in [-0.05, 0) is 66.5 Å². The van der Waals surface area contributed by atoms with Crippen LogP contribution in [0, 0.1) is 22.8 Å². The van der Waals surface area contributed by atoms with Crippen molar-refractivity contribution in [3.05, 3.63) is 95.3 Å². The first kappa shape index (κ1) is 42.2. The minimum absolute atomic E-state index is 0. The predicted octanol–water partition coefficient (Wildman–Crippen LogP) is 13.1. The van der Waals surface area contributed by atoms with Crippen LogP contribution in [0.1, 0.15) is 113 Å². The Kier molecular flexibility index (Phi) is 14.5. The van der Waals surface area contributed by atoms with Crippen molar-refractivity contribution in [1.82, 2.24) is 9.97 Å². The molecule has 5 rings (SSSR count). The molecule has 3 aromatic carbocycles. The molecule has 0 fully saturated rings. The number of aliphatic hydroxyl groups is 1. The van der Waals surface area contributed by atoms with E-state index in [2.05, 4.69) is 106 Å². The van der Waals surface area contributed by atoms with Crippen molar-refractivity contribution in [2.75, 3.05) is 0 Å². The molecule has 1 N–H and O–H groups in total.